The summed E-state index contributed by atoms with van der Waals surface area (Å²) in [6.45, 7) is 15.3. The fraction of sp³-hybridized carbons (Fsp3) is 0.708. The molecule has 0 radical (unpaired) electrons. The molecule has 0 atom stereocenters. The Balaban J connectivity index is 1.28. The zero-order chi connectivity index (χ0) is 22.4. The molecule has 8 nitrogen and oxygen atoms in total. The highest BCUT2D eigenvalue weighted by atomic mass is 16.5. The fourth-order valence-corrected chi connectivity index (χ4v) is 4.18. The van der Waals surface area contributed by atoms with Gasteiger partial charge in [-0.2, -0.15) is 0 Å². The Morgan fingerprint density at radius 2 is 1.62 bits per heavy atom. The van der Waals surface area contributed by atoms with Crippen LogP contribution in [0.3, 0.4) is 0 Å². The highest BCUT2D eigenvalue weighted by Gasteiger charge is 2.17. The van der Waals surface area contributed by atoms with Crippen LogP contribution < -0.4 is 20.3 Å². The number of methoxy groups -OCH3 is 1. The van der Waals surface area contributed by atoms with Crippen LogP contribution in [-0.2, 0) is 4.74 Å². The average Bonchev–Trinajstić information content (AvgIpc) is 2.85. The second-order valence-corrected chi connectivity index (χ2v) is 8.38. The van der Waals surface area contributed by atoms with Crippen molar-refractivity contribution >= 4 is 11.6 Å². The molecule has 0 aliphatic carbocycles. The average molecular weight is 447 g/mol. The molecule has 2 aliphatic heterocycles. The fourth-order valence-electron chi connectivity index (χ4n) is 4.18. The highest BCUT2D eigenvalue weighted by molar-refractivity contribution is 5.79. The summed E-state index contributed by atoms with van der Waals surface area (Å²) in [7, 11) is 1.71. The van der Waals surface area contributed by atoms with Gasteiger partial charge in [0, 0.05) is 71.1 Å². The summed E-state index contributed by atoms with van der Waals surface area (Å²) >= 11 is 0. The second kappa shape index (κ2) is 14.2. The molecule has 8 heteroatoms. The summed E-state index contributed by atoms with van der Waals surface area (Å²) in [4.78, 5) is 12.2. The molecule has 2 fully saturated rings. The van der Waals surface area contributed by atoms with Crippen LogP contribution in [-0.4, -0.2) is 108 Å². The first-order valence-electron chi connectivity index (χ1n) is 12.2. The van der Waals surface area contributed by atoms with Gasteiger partial charge in [-0.05, 0) is 50.6 Å². The van der Waals surface area contributed by atoms with Crippen LogP contribution in [0.1, 0.15) is 19.8 Å². The van der Waals surface area contributed by atoms with E-state index in [0.29, 0.717) is 0 Å². The van der Waals surface area contributed by atoms with Crippen LogP contribution >= 0.6 is 0 Å². The van der Waals surface area contributed by atoms with E-state index in [1.54, 1.807) is 7.11 Å². The Labute approximate surface area is 193 Å². The number of hydrogen-bond acceptors (Lipinski definition) is 6. The van der Waals surface area contributed by atoms with E-state index in [-0.39, 0.29) is 0 Å². The lowest BCUT2D eigenvalue weighted by Gasteiger charge is -2.36. The van der Waals surface area contributed by atoms with Crippen molar-refractivity contribution < 1.29 is 9.47 Å². The molecule has 2 aliphatic rings. The van der Waals surface area contributed by atoms with E-state index in [9.17, 15) is 0 Å². The van der Waals surface area contributed by atoms with Gasteiger partial charge < -0.3 is 25.0 Å². The molecular formula is C24H42N6O2. The second-order valence-electron chi connectivity index (χ2n) is 8.38. The van der Waals surface area contributed by atoms with E-state index in [2.05, 4.69) is 44.4 Å². The monoisotopic (exact) mass is 446 g/mol. The van der Waals surface area contributed by atoms with Crippen molar-refractivity contribution in [3.8, 4) is 5.75 Å². The summed E-state index contributed by atoms with van der Waals surface area (Å²) in [5, 5.41) is 6.87. The Hall–Kier alpha value is -2.03. The van der Waals surface area contributed by atoms with Crippen LogP contribution in [0.5, 0.6) is 5.75 Å². The van der Waals surface area contributed by atoms with Gasteiger partial charge in [0.25, 0.3) is 0 Å². The third-order valence-electron chi connectivity index (χ3n) is 6.10. The number of nitrogens with zero attached hydrogens (tertiary/aromatic N) is 4. The minimum Gasteiger partial charge on any atom is -0.497 e. The van der Waals surface area contributed by atoms with Crippen molar-refractivity contribution in [3.05, 3.63) is 24.3 Å². The Kier molecular flexibility index (Phi) is 10.9. The molecule has 2 N–H and O–H groups in total. The number of rotatable bonds is 11. The lowest BCUT2D eigenvalue weighted by Crippen LogP contribution is -2.47. The van der Waals surface area contributed by atoms with Crippen molar-refractivity contribution in [2.75, 3.05) is 97.2 Å². The Bertz CT molecular complexity index is 655. The normalized spacial score (nSPS) is 18.6. The Morgan fingerprint density at radius 1 is 0.938 bits per heavy atom. The molecule has 2 saturated heterocycles. The number of ether oxygens (including phenoxy) is 2. The van der Waals surface area contributed by atoms with Crippen LogP contribution in [0.15, 0.2) is 29.3 Å². The lowest BCUT2D eigenvalue weighted by molar-refractivity contribution is 0.0377. The number of guanidine groups is 1. The van der Waals surface area contributed by atoms with Gasteiger partial charge in [-0.1, -0.05) is 0 Å². The zero-order valence-corrected chi connectivity index (χ0v) is 20.0. The van der Waals surface area contributed by atoms with Crippen LogP contribution in [0.2, 0.25) is 0 Å². The first-order chi connectivity index (χ1) is 15.8. The van der Waals surface area contributed by atoms with Crippen molar-refractivity contribution in [1.82, 2.24) is 20.4 Å². The molecular weight excluding hydrogens is 404 g/mol. The molecule has 0 bridgehead atoms. The van der Waals surface area contributed by atoms with Crippen LogP contribution in [0.4, 0.5) is 5.69 Å². The minimum absolute atomic E-state index is 0.861. The number of aliphatic imine (C=N–C) groups is 1. The summed E-state index contributed by atoms with van der Waals surface area (Å²) in [5.41, 5.74) is 1.28. The molecule has 180 valence electrons. The van der Waals surface area contributed by atoms with E-state index in [1.807, 2.05) is 12.1 Å². The third-order valence-corrected chi connectivity index (χ3v) is 6.10. The number of benzene rings is 1. The van der Waals surface area contributed by atoms with Crippen LogP contribution in [0, 0.1) is 0 Å². The van der Waals surface area contributed by atoms with Gasteiger partial charge in [-0.25, -0.2) is 0 Å². The van der Waals surface area contributed by atoms with E-state index in [0.717, 1.165) is 110 Å². The highest BCUT2D eigenvalue weighted by Crippen LogP contribution is 2.20. The predicted octanol–water partition coefficient (Wildman–Crippen LogP) is 1.48. The summed E-state index contributed by atoms with van der Waals surface area (Å²) in [6.07, 6.45) is 2.22. The number of morpholine rings is 1. The van der Waals surface area contributed by atoms with Gasteiger partial charge >= 0.3 is 0 Å². The van der Waals surface area contributed by atoms with E-state index in [4.69, 9.17) is 14.5 Å². The van der Waals surface area contributed by atoms with E-state index >= 15 is 0 Å². The van der Waals surface area contributed by atoms with E-state index < -0.39 is 0 Å². The summed E-state index contributed by atoms with van der Waals surface area (Å²) < 4.78 is 10.7. The van der Waals surface area contributed by atoms with Crippen LogP contribution in [0.25, 0.3) is 0 Å². The molecule has 1 aromatic carbocycles. The Morgan fingerprint density at radius 3 is 2.31 bits per heavy atom. The van der Waals surface area contributed by atoms with Gasteiger partial charge in [0.15, 0.2) is 5.96 Å². The first kappa shape index (κ1) is 24.6. The zero-order valence-electron chi connectivity index (χ0n) is 20.0. The summed E-state index contributed by atoms with van der Waals surface area (Å²) in [5.74, 6) is 1.86. The topological polar surface area (TPSA) is 64.6 Å². The van der Waals surface area contributed by atoms with Gasteiger partial charge in [0.2, 0.25) is 0 Å². The SMILES string of the molecule is CCNC(=NCCCN1CCOCC1)NCCCN1CCN(c2ccc(OC)cc2)CC1. The molecule has 2 heterocycles. The van der Waals surface area contributed by atoms with Gasteiger partial charge in [-0.15, -0.1) is 0 Å². The van der Waals surface area contributed by atoms with Crippen molar-refractivity contribution in [2.24, 2.45) is 4.99 Å². The van der Waals surface area contributed by atoms with E-state index in [1.165, 1.54) is 5.69 Å². The maximum absolute atomic E-state index is 5.41. The molecule has 0 amide bonds. The molecule has 1 aromatic rings. The summed E-state index contributed by atoms with van der Waals surface area (Å²) in [6, 6.07) is 8.39. The molecule has 0 aromatic heterocycles. The quantitative estimate of drug-likeness (QED) is 0.303. The molecule has 0 saturated carbocycles. The van der Waals surface area contributed by atoms with Crippen molar-refractivity contribution in [3.63, 3.8) is 0 Å². The smallest absolute Gasteiger partial charge is 0.191 e. The number of nitrogens with one attached hydrogen (secondary N) is 2. The molecule has 3 rings (SSSR count). The standard InChI is InChI=1S/C24H42N6O2/c1-3-25-24(27-11-5-13-29-18-20-32-21-19-29)26-10-4-12-28-14-16-30(17-15-28)22-6-8-23(31-2)9-7-22/h6-9H,3-5,10-21H2,1-2H3,(H2,25,26,27). The number of hydrogen-bond donors (Lipinski definition) is 2. The molecule has 0 spiro atoms. The first-order valence-corrected chi connectivity index (χ1v) is 12.2. The largest absolute Gasteiger partial charge is 0.497 e. The van der Waals surface area contributed by atoms with Crippen molar-refractivity contribution in [1.29, 1.82) is 0 Å². The lowest BCUT2D eigenvalue weighted by atomic mass is 10.2. The minimum atomic E-state index is 0.861. The maximum atomic E-state index is 5.41. The molecule has 0 unspecified atom stereocenters. The number of anilines is 1. The number of piperazine rings is 1. The van der Waals surface area contributed by atoms with Gasteiger partial charge in [0.05, 0.1) is 20.3 Å². The van der Waals surface area contributed by atoms with Gasteiger partial charge in [0.1, 0.15) is 5.75 Å². The molecule has 32 heavy (non-hydrogen) atoms. The van der Waals surface area contributed by atoms with Gasteiger partial charge in [-0.3, -0.25) is 14.8 Å². The predicted molar refractivity (Wildman–Crippen MR) is 132 cm³/mol. The maximum Gasteiger partial charge on any atom is 0.191 e. The van der Waals surface area contributed by atoms with Crippen molar-refractivity contribution in [2.45, 2.75) is 19.8 Å². The third kappa shape index (κ3) is 8.48.